The van der Waals surface area contributed by atoms with Gasteiger partial charge in [-0.05, 0) is 123 Å². The van der Waals surface area contributed by atoms with Crippen molar-refractivity contribution in [3.8, 4) is 12.1 Å². The van der Waals surface area contributed by atoms with E-state index in [1.807, 2.05) is 6.92 Å². The van der Waals surface area contributed by atoms with Gasteiger partial charge in [-0.1, -0.05) is 80.0 Å². The van der Waals surface area contributed by atoms with E-state index in [1.54, 1.807) is 57.2 Å². The molecule has 0 atom stereocenters. The second-order valence-corrected chi connectivity index (χ2v) is 31.4. The summed E-state index contributed by atoms with van der Waals surface area (Å²) < 4.78 is 256. The van der Waals surface area contributed by atoms with E-state index in [9.17, 15) is 99.5 Å². The summed E-state index contributed by atoms with van der Waals surface area (Å²) in [6.45, 7) is 6.51. The average Bonchev–Trinajstić information content (AvgIpc) is 3.00. The van der Waals surface area contributed by atoms with Crippen molar-refractivity contribution in [2.24, 2.45) is 5.73 Å². The lowest BCUT2D eigenvalue weighted by atomic mass is 10.2. The minimum absolute atomic E-state index is 0. The van der Waals surface area contributed by atoms with Crippen molar-refractivity contribution < 1.29 is 118 Å². The molecule has 0 unspecified atom stereocenters. The lowest BCUT2D eigenvalue weighted by molar-refractivity contribution is 0.0999. The van der Waals surface area contributed by atoms with Crippen LogP contribution in [0, 0.1) is 43.4 Å². The second kappa shape index (κ2) is 39.5. The number of carbonyl (C=O) groups is 1. The number of hydrogen-bond acceptors (Lipinski definition) is 29. The number of hydrogen-bond donors (Lipinski definition) is 2. The Morgan fingerprint density at radius 3 is 1.17 bits per heavy atom. The zero-order chi connectivity index (χ0) is 70.4. The molecule has 6 aromatic carbocycles. The number of benzene rings is 6. The van der Waals surface area contributed by atoms with Crippen LogP contribution in [-0.2, 0) is 90.5 Å². The van der Waals surface area contributed by atoms with E-state index in [4.69, 9.17) is 45.9 Å². The molecule has 0 heterocycles. The summed E-state index contributed by atoms with van der Waals surface area (Å²) in [5.41, 5.74) is 7.13. The van der Waals surface area contributed by atoms with E-state index < -0.39 is 106 Å². The SMILES string of the molecule is C.CCS(C)(=O)=O.CS(=O)(=O)CCO.CS(=O)(=O)[O-].Cc1ccc(C)c(S(=O)(=O)[O-])c1.Cc1ccc(S(=O)(=O)[O-])cc1.N#Cc1cccc(S(=O)(=O)[O-])c1.N#Cc1ccccc1S(=O)(=O)[O-].NC(=O)c1cccc(S(=O)(=O)[O-])c1.O=S(=O)([O-])c1ccc(Cl)cc1. The molecule has 30 nitrogen and oxygen atoms in total. The summed E-state index contributed by atoms with van der Waals surface area (Å²) >= 11 is 5.46. The Labute approximate surface area is 529 Å². The topological polar surface area (TPSA) is 580 Å². The number of nitrogens with two attached hydrogens (primary N) is 1. The number of amides is 1. The number of aryl methyl sites for hydroxylation is 3. The molecule has 0 saturated heterocycles. The average molecular weight is 1460 g/mol. The maximum Gasteiger partial charge on any atom is 0.248 e. The van der Waals surface area contributed by atoms with Gasteiger partial charge in [0, 0.05) is 35.1 Å². The zero-order valence-corrected chi connectivity index (χ0v) is 55.1. The molecule has 0 fully saturated rings. The zero-order valence-electron chi connectivity index (χ0n) is 47.0. The number of primary amides is 1. The van der Waals surface area contributed by atoms with Crippen molar-refractivity contribution in [1.82, 2.24) is 0 Å². The Balaban J connectivity index is -0.000000468. The van der Waals surface area contributed by atoms with Crippen molar-refractivity contribution in [3.63, 3.8) is 0 Å². The predicted octanol–water partition coefficient (Wildman–Crippen LogP) is 2.84. The van der Waals surface area contributed by atoms with Crippen LogP contribution in [0.15, 0.2) is 169 Å². The number of nitriles is 2. The van der Waals surface area contributed by atoms with Crippen molar-refractivity contribution in [3.05, 3.63) is 178 Å². The van der Waals surface area contributed by atoms with Crippen molar-refractivity contribution in [1.29, 1.82) is 10.5 Å². The molecule has 0 aliphatic rings. The van der Waals surface area contributed by atoms with Crippen LogP contribution in [0.25, 0.3) is 0 Å². The van der Waals surface area contributed by atoms with Crippen molar-refractivity contribution in [2.45, 2.75) is 64.5 Å². The minimum atomic E-state index is -4.52. The Bertz CT molecular complexity index is 4400. The molecule has 0 aliphatic carbocycles. The fraction of sp³-hybridized carbons (Fsp3) is 0.220. The van der Waals surface area contributed by atoms with E-state index in [2.05, 4.69) is 0 Å². The van der Waals surface area contributed by atoms with Crippen LogP contribution in [0.5, 0.6) is 0 Å². The maximum absolute atomic E-state index is 10.7. The lowest BCUT2D eigenvalue weighted by Gasteiger charge is -2.10. The summed E-state index contributed by atoms with van der Waals surface area (Å²) in [5.74, 6) is -0.662. The minimum Gasteiger partial charge on any atom is -0.748 e. The van der Waals surface area contributed by atoms with Gasteiger partial charge < -0.3 is 42.7 Å². The lowest BCUT2D eigenvalue weighted by Crippen LogP contribution is -2.11. The van der Waals surface area contributed by atoms with Crippen molar-refractivity contribution in [2.75, 3.05) is 36.9 Å². The third-order valence-electron chi connectivity index (χ3n) is 8.95. The van der Waals surface area contributed by atoms with Crippen LogP contribution in [0.4, 0.5) is 0 Å². The molecular weight excluding hydrogens is 1400 g/mol. The van der Waals surface area contributed by atoms with Crippen molar-refractivity contribution >= 4 is 108 Å². The first-order valence-corrected chi connectivity index (χ1v) is 37.7. The van der Waals surface area contributed by atoms with E-state index in [1.165, 1.54) is 91.2 Å². The van der Waals surface area contributed by atoms with Gasteiger partial charge in [0.05, 0.1) is 69.0 Å². The van der Waals surface area contributed by atoms with Crippen LogP contribution in [0.3, 0.4) is 0 Å². The highest BCUT2D eigenvalue weighted by atomic mass is 35.5. The third-order valence-corrected chi connectivity index (χ3v) is 16.4. The van der Waals surface area contributed by atoms with E-state index in [-0.39, 0.29) is 61.8 Å². The fourth-order valence-corrected chi connectivity index (χ4v) is 8.60. The quantitative estimate of drug-likeness (QED) is 0.186. The monoisotopic (exact) mass is 1450 g/mol. The highest BCUT2D eigenvalue weighted by Gasteiger charge is 2.08. The number of aliphatic hydroxyl groups excluding tert-OH is 1. The molecule has 502 valence electrons. The maximum atomic E-state index is 10.7. The number of rotatable bonds is 10. The Kier molecular flexibility index (Phi) is 39.4. The van der Waals surface area contributed by atoms with Crippen LogP contribution >= 0.6 is 11.6 Å². The Morgan fingerprint density at radius 2 is 0.856 bits per heavy atom. The van der Waals surface area contributed by atoms with Crippen LogP contribution in [-0.4, -0.2) is 156 Å². The summed E-state index contributed by atoms with van der Waals surface area (Å²) in [7, 11) is -35.9. The second-order valence-electron chi connectivity index (χ2n) is 16.7. The molecule has 0 aromatic heterocycles. The first-order valence-electron chi connectivity index (χ1n) is 22.9. The molecule has 6 aromatic rings. The van der Waals surface area contributed by atoms with Gasteiger partial charge in [-0.3, -0.25) is 4.79 Å². The largest absolute Gasteiger partial charge is 0.748 e. The molecule has 0 aliphatic heterocycles. The van der Waals surface area contributed by atoms with E-state index in [0.717, 1.165) is 47.7 Å². The molecular formula is C50H57ClN3O27S9-7. The number of nitrogens with zero attached hydrogens (tertiary/aromatic N) is 2. The fourth-order valence-electron chi connectivity index (χ4n) is 4.75. The highest BCUT2D eigenvalue weighted by molar-refractivity contribution is 7.91. The molecule has 0 bridgehead atoms. The summed E-state index contributed by atoms with van der Waals surface area (Å²) in [6.07, 6.45) is 2.91. The molecule has 90 heavy (non-hydrogen) atoms. The first-order chi connectivity index (χ1) is 40.0. The number of carbonyl (C=O) groups excluding carboxylic acids is 1. The van der Waals surface area contributed by atoms with Crippen LogP contribution in [0.1, 0.15) is 52.5 Å². The summed E-state index contributed by atoms with van der Waals surface area (Å²) in [4.78, 5) is 8.75. The van der Waals surface area contributed by atoms with Gasteiger partial charge in [0.15, 0.2) is 0 Å². The first kappa shape index (κ1) is 89.7. The molecule has 6 rings (SSSR count). The predicted molar refractivity (Wildman–Crippen MR) is 318 cm³/mol. The standard InChI is InChI=1S/C8H10O3S.C7H7NO4S.2C7H5NO3S.C7H8O3S.C6H5ClO3S.C3H8O3S.C3H8O2S.CH4O3S.CH4/c1-6-3-4-7(2)8(5-6)12(9,10)11;8-7(9)5-2-1-3-6(4-5)13(10,11)12;8-5-6-2-1-3-7(4-6)12(9,10)11;8-5-6-3-1-2-4-7(6)12(9,10)11;1-6-2-4-7(5-3-6)11(8,9)10;7-5-1-3-6(4-2-5)11(8,9)10;1-7(5,6)3-2-4;1-3-6(2,4)5;1-5(2,3)4;/h3-5H,1-2H3,(H,9,10,11);1-4H,(H2,8,9)(H,10,11,12);2*1-4H,(H,9,10,11);2-5H,1H3,(H,8,9,10);1-4H,(H,8,9,10);4H,2-3H2,1H3;3H2,1-2H3;1H3,(H,2,3,4);1H4/p-7. The van der Waals surface area contributed by atoms with Crippen LogP contribution < -0.4 is 5.73 Å². The van der Waals surface area contributed by atoms with Gasteiger partial charge in [-0.25, -0.2) is 75.8 Å². The molecule has 0 saturated carbocycles. The molecule has 0 radical (unpaired) electrons. The molecule has 1 amide bonds. The van der Waals surface area contributed by atoms with E-state index in [0.29, 0.717) is 16.8 Å². The van der Waals surface area contributed by atoms with Gasteiger partial charge in [-0.15, -0.1) is 0 Å². The number of halogens is 1. The van der Waals surface area contributed by atoms with Gasteiger partial charge in [0.2, 0.25) is 5.91 Å². The summed E-state index contributed by atoms with van der Waals surface area (Å²) in [5, 5.41) is 25.2. The molecule has 40 heteroatoms. The normalized spacial score (nSPS) is 11.1. The number of sulfone groups is 2. The van der Waals surface area contributed by atoms with Gasteiger partial charge in [0.1, 0.15) is 86.5 Å². The molecule has 0 spiro atoms. The molecule has 3 N–H and O–H groups in total. The van der Waals surface area contributed by atoms with Gasteiger partial charge >= 0.3 is 0 Å². The van der Waals surface area contributed by atoms with Gasteiger partial charge in [0.25, 0.3) is 0 Å². The highest BCUT2D eigenvalue weighted by Crippen LogP contribution is 2.17. The smallest absolute Gasteiger partial charge is 0.248 e. The van der Waals surface area contributed by atoms with E-state index >= 15 is 0 Å². The third kappa shape index (κ3) is 44.7. The number of aliphatic hydroxyl groups is 1. The Morgan fingerprint density at radius 1 is 0.478 bits per heavy atom. The van der Waals surface area contributed by atoms with Gasteiger partial charge in [-0.2, -0.15) is 10.5 Å². The summed E-state index contributed by atoms with van der Waals surface area (Å²) in [6, 6.07) is 33.9. The van der Waals surface area contributed by atoms with Crippen LogP contribution in [0.2, 0.25) is 5.02 Å². The Hall–Kier alpha value is -6.71.